The summed E-state index contributed by atoms with van der Waals surface area (Å²) in [5.41, 5.74) is 1.27. The van der Waals surface area contributed by atoms with Crippen LogP contribution in [0.1, 0.15) is 0 Å². The summed E-state index contributed by atoms with van der Waals surface area (Å²) in [6.45, 7) is 4.87. The molecule has 0 aliphatic carbocycles. The molecule has 0 saturated carbocycles. The molecule has 6 nitrogen and oxygen atoms in total. The molecular formula is C21H29N2O4+. The molecule has 1 aliphatic heterocycles. The molecule has 27 heavy (non-hydrogen) atoms. The van der Waals surface area contributed by atoms with E-state index in [9.17, 15) is 5.11 Å². The molecule has 0 bridgehead atoms. The Morgan fingerprint density at radius 3 is 2.19 bits per heavy atom. The number of aliphatic hydroxyl groups excluding tert-OH is 1. The van der Waals surface area contributed by atoms with E-state index in [2.05, 4.69) is 29.2 Å². The molecule has 2 N–H and O–H groups in total. The second-order valence-electron chi connectivity index (χ2n) is 6.73. The van der Waals surface area contributed by atoms with Gasteiger partial charge in [-0.05, 0) is 24.3 Å². The number of hydrogen-bond acceptors (Lipinski definition) is 5. The van der Waals surface area contributed by atoms with E-state index in [0.717, 1.165) is 26.2 Å². The standard InChI is InChI=1S/C21H28N2O4/c1-25-19-9-6-10-20(26-2)21(19)27-16-18(24)15-22-11-13-23(14-12-22)17-7-4-3-5-8-17/h3-10,18,24H,11-16H2,1-2H3/p+1/t18-/m1/s1. The number of ether oxygens (including phenoxy) is 3. The van der Waals surface area contributed by atoms with Crippen molar-refractivity contribution in [1.82, 2.24) is 0 Å². The van der Waals surface area contributed by atoms with Crippen molar-refractivity contribution in [2.45, 2.75) is 6.10 Å². The van der Waals surface area contributed by atoms with Crippen LogP contribution in [0.15, 0.2) is 48.5 Å². The minimum atomic E-state index is -0.544. The number of nitrogens with zero attached hydrogens (tertiary/aromatic N) is 1. The molecule has 1 heterocycles. The topological polar surface area (TPSA) is 55.6 Å². The van der Waals surface area contributed by atoms with E-state index < -0.39 is 6.10 Å². The van der Waals surface area contributed by atoms with Gasteiger partial charge in [-0.15, -0.1) is 0 Å². The molecule has 0 amide bonds. The van der Waals surface area contributed by atoms with Gasteiger partial charge in [0.25, 0.3) is 0 Å². The number of quaternary nitrogens is 1. The maximum absolute atomic E-state index is 10.4. The van der Waals surface area contributed by atoms with Crippen LogP contribution in [0.3, 0.4) is 0 Å². The monoisotopic (exact) mass is 373 g/mol. The van der Waals surface area contributed by atoms with Crippen molar-refractivity contribution >= 4 is 5.69 Å². The molecule has 0 unspecified atom stereocenters. The van der Waals surface area contributed by atoms with Gasteiger partial charge in [-0.2, -0.15) is 0 Å². The first-order valence-corrected chi connectivity index (χ1v) is 9.36. The highest BCUT2D eigenvalue weighted by molar-refractivity contribution is 5.51. The van der Waals surface area contributed by atoms with E-state index >= 15 is 0 Å². The van der Waals surface area contributed by atoms with Crippen LogP contribution in [-0.2, 0) is 0 Å². The lowest BCUT2D eigenvalue weighted by Gasteiger charge is -2.34. The largest absolute Gasteiger partial charge is 0.493 e. The van der Waals surface area contributed by atoms with Crippen molar-refractivity contribution in [1.29, 1.82) is 0 Å². The first kappa shape index (κ1) is 19.3. The fraction of sp³-hybridized carbons (Fsp3) is 0.429. The van der Waals surface area contributed by atoms with Crippen molar-refractivity contribution in [3.8, 4) is 17.2 Å². The zero-order valence-electron chi connectivity index (χ0n) is 16.1. The Kier molecular flexibility index (Phi) is 6.79. The number of nitrogens with one attached hydrogen (secondary N) is 1. The predicted molar refractivity (Wildman–Crippen MR) is 105 cm³/mol. The molecule has 0 radical (unpaired) electrons. The highest BCUT2D eigenvalue weighted by Gasteiger charge is 2.23. The number of piperazine rings is 1. The molecule has 2 aromatic carbocycles. The number of aliphatic hydroxyl groups is 1. The second-order valence-corrected chi connectivity index (χ2v) is 6.73. The van der Waals surface area contributed by atoms with Crippen molar-refractivity contribution in [2.24, 2.45) is 0 Å². The average molecular weight is 373 g/mol. The van der Waals surface area contributed by atoms with Crippen molar-refractivity contribution in [3.63, 3.8) is 0 Å². The molecule has 2 aromatic rings. The number of anilines is 1. The summed E-state index contributed by atoms with van der Waals surface area (Å²) in [6.07, 6.45) is -0.544. The highest BCUT2D eigenvalue weighted by atomic mass is 16.5. The van der Waals surface area contributed by atoms with Crippen LogP contribution >= 0.6 is 0 Å². The minimum Gasteiger partial charge on any atom is -0.493 e. The summed E-state index contributed by atoms with van der Waals surface area (Å²) < 4.78 is 16.5. The van der Waals surface area contributed by atoms with E-state index in [0.29, 0.717) is 23.8 Å². The normalized spacial score (nSPS) is 16.0. The second kappa shape index (κ2) is 9.48. The van der Waals surface area contributed by atoms with Crippen LogP contribution in [-0.4, -0.2) is 64.8 Å². The highest BCUT2D eigenvalue weighted by Crippen LogP contribution is 2.36. The van der Waals surface area contributed by atoms with E-state index in [-0.39, 0.29) is 6.61 Å². The molecule has 1 atom stereocenters. The zero-order chi connectivity index (χ0) is 19.1. The summed E-state index contributed by atoms with van der Waals surface area (Å²) in [4.78, 5) is 3.79. The Hall–Kier alpha value is -2.44. The zero-order valence-corrected chi connectivity index (χ0v) is 16.1. The first-order valence-electron chi connectivity index (χ1n) is 9.36. The number of methoxy groups -OCH3 is 2. The van der Waals surface area contributed by atoms with Crippen LogP contribution in [0.4, 0.5) is 5.69 Å². The molecule has 0 spiro atoms. The van der Waals surface area contributed by atoms with Gasteiger partial charge in [0, 0.05) is 5.69 Å². The molecule has 1 fully saturated rings. The Labute approximate surface area is 160 Å². The average Bonchev–Trinajstić information content (AvgIpc) is 2.73. The fourth-order valence-electron chi connectivity index (χ4n) is 3.46. The number of para-hydroxylation sites is 2. The first-order chi connectivity index (χ1) is 13.2. The molecule has 146 valence electrons. The van der Waals surface area contributed by atoms with Crippen LogP contribution in [0.2, 0.25) is 0 Å². The minimum absolute atomic E-state index is 0.211. The van der Waals surface area contributed by atoms with Crippen LogP contribution in [0, 0.1) is 0 Å². The summed E-state index contributed by atoms with van der Waals surface area (Å²) in [7, 11) is 3.18. The summed E-state index contributed by atoms with van der Waals surface area (Å²) in [6, 6.07) is 16.0. The van der Waals surface area contributed by atoms with Crippen molar-refractivity contribution in [3.05, 3.63) is 48.5 Å². The maximum Gasteiger partial charge on any atom is 0.203 e. The Morgan fingerprint density at radius 1 is 0.963 bits per heavy atom. The number of benzene rings is 2. The molecule has 0 aromatic heterocycles. The SMILES string of the molecule is COc1cccc(OC)c1OC[C@H](O)C[NH+]1CCN(c2ccccc2)CC1. The van der Waals surface area contributed by atoms with E-state index in [1.54, 1.807) is 14.2 Å². The van der Waals surface area contributed by atoms with Crippen LogP contribution < -0.4 is 24.0 Å². The smallest absolute Gasteiger partial charge is 0.203 e. The van der Waals surface area contributed by atoms with E-state index in [4.69, 9.17) is 14.2 Å². The molecule has 1 aliphatic rings. The quantitative estimate of drug-likeness (QED) is 0.719. The lowest BCUT2D eigenvalue weighted by Crippen LogP contribution is -3.16. The third kappa shape index (κ3) is 5.05. The van der Waals surface area contributed by atoms with Crippen LogP contribution in [0.25, 0.3) is 0 Å². The van der Waals surface area contributed by atoms with Crippen LogP contribution in [0.5, 0.6) is 17.2 Å². The van der Waals surface area contributed by atoms with Gasteiger partial charge in [-0.3, -0.25) is 0 Å². The third-order valence-electron chi connectivity index (χ3n) is 4.92. The molecule has 3 rings (SSSR count). The molecular weight excluding hydrogens is 344 g/mol. The van der Waals surface area contributed by atoms with Gasteiger partial charge in [-0.1, -0.05) is 24.3 Å². The fourth-order valence-corrected chi connectivity index (χ4v) is 3.46. The number of hydrogen-bond donors (Lipinski definition) is 2. The van der Waals surface area contributed by atoms with Gasteiger partial charge in [0.1, 0.15) is 19.3 Å². The van der Waals surface area contributed by atoms with E-state index in [1.807, 2.05) is 24.3 Å². The van der Waals surface area contributed by atoms with Gasteiger partial charge < -0.3 is 29.1 Å². The Morgan fingerprint density at radius 2 is 1.59 bits per heavy atom. The summed E-state index contributed by atoms with van der Waals surface area (Å²) in [5, 5.41) is 10.4. The summed E-state index contributed by atoms with van der Waals surface area (Å²) in [5.74, 6) is 1.74. The van der Waals surface area contributed by atoms with Crippen molar-refractivity contribution in [2.75, 3.05) is 58.5 Å². The van der Waals surface area contributed by atoms with Gasteiger partial charge in [0.15, 0.2) is 11.5 Å². The Balaban J connectivity index is 1.47. The lowest BCUT2D eigenvalue weighted by molar-refractivity contribution is -0.903. The van der Waals surface area contributed by atoms with Crippen molar-refractivity contribution < 1.29 is 24.2 Å². The molecule has 6 heteroatoms. The molecule has 1 saturated heterocycles. The Bertz CT molecular complexity index is 680. The number of rotatable bonds is 8. The van der Waals surface area contributed by atoms with Gasteiger partial charge >= 0.3 is 0 Å². The maximum atomic E-state index is 10.4. The van der Waals surface area contributed by atoms with Gasteiger partial charge in [-0.25, -0.2) is 0 Å². The van der Waals surface area contributed by atoms with Gasteiger partial charge in [0.2, 0.25) is 5.75 Å². The third-order valence-corrected chi connectivity index (χ3v) is 4.92. The van der Waals surface area contributed by atoms with E-state index in [1.165, 1.54) is 10.6 Å². The summed E-state index contributed by atoms with van der Waals surface area (Å²) >= 11 is 0. The van der Waals surface area contributed by atoms with Gasteiger partial charge in [0.05, 0.1) is 40.4 Å². The predicted octanol–water partition coefficient (Wildman–Crippen LogP) is 0.849. The lowest BCUT2D eigenvalue weighted by atomic mass is 10.2.